The van der Waals surface area contributed by atoms with Crippen molar-refractivity contribution in [3.63, 3.8) is 0 Å². The highest BCUT2D eigenvalue weighted by atomic mass is 16.2. The second-order valence-corrected chi connectivity index (χ2v) is 7.06. The number of hydrogen-bond donors (Lipinski definition) is 0. The van der Waals surface area contributed by atoms with E-state index in [2.05, 4.69) is 5.10 Å². The molecule has 2 unspecified atom stereocenters. The summed E-state index contributed by atoms with van der Waals surface area (Å²) in [5.74, 6) is -0.0786. The van der Waals surface area contributed by atoms with E-state index in [-0.39, 0.29) is 23.8 Å². The summed E-state index contributed by atoms with van der Waals surface area (Å²) >= 11 is 0. The maximum absolute atomic E-state index is 12.9. The van der Waals surface area contributed by atoms with Gasteiger partial charge in [0, 0.05) is 19.5 Å². The lowest BCUT2D eigenvalue weighted by atomic mass is 9.91. The highest BCUT2D eigenvalue weighted by molar-refractivity contribution is 6.42. The molecule has 1 saturated carbocycles. The van der Waals surface area contributed by atoms with Crippen LogP contribution in [0.2, 0.25) is 0 Å². The molecule has 2 atom stereocenters. The van der Waals surface area contributed by atoms with E-state index in [0.29, 0.717) is 18.3 Å². The van der Waals surface area contributed by atoms with Gasteiger partial charge in [-0.1, -0.05) is 49.6 Å². The molecular formula is C19H23N3O2. The number of nitrogens with zero attached hydrogens (tertiary/aromatic N) is 3. The first-order chi connectivity index (χ1) is 11.7. The van der Waals surface area contributed by atoms with Gasteiger partial charge in [0.2, 0.25) is 5.91 Å². The summed E-state index contributed by atoms with van der Waals surface area (Å²) in [6.07, 6.45) is 5.87. The molecule has 0 bridgehead atoms. The molecular weight excluding hydrogens is 302 g/mol. The lowest BCUT2D eigenvalue weighted by molar-refractivity contribution is -0.131. The van der Waals surface area contributed by atoms with E-state index in [1.165, 1.54) is 31.2 Å². The summed E-state index contributed by atoms with van der Waals surface area (Å²) in [6.45, 7) is 2.20. The first-order valence-corrected chi connectivity index (χ1v) is 8.91. The third-order valence-corrected chi connectivity index (χ3v) is 5.56. The van der Waals surface area contributed by atoms with Crippen LogP contribution in [0.5, 0.6) is 0 Å². The molecule has 0 spiro atoms. The molecule has 1 aromatic rings. The van der Waals surface area contributed by atoms with Gasteiger partial charge >= 0.3 is 0 Å². The molecule has 4 rings (SSSR count). The molecule has 2 aliphatic heterocycles. The Kier molecular flexibility index (Phi) is 3.87. The van der Waals surface area contributed by atoms with E-state index >= 15 is 0 Å². The molecule has 5 nitrogen and oxygen atoms in total. The minimum atomic E-state index is -0.156. The fraction of sp³-hybridized carbons (Fsp3) is 0.526. The minimum Gasteiger partial charge on any atom is -0.334 e. The van der Waals surface area contributed by atoms with Crippen molar-refractivity contribution in [3.05, 3.63) is 35.9 Å². The molecule has 0 N–H and O–H groups in total. The molecule has 2 heterocycles. The monoisotopic (exact) mass is 325 g/mol. The normalized spacial score (nSPS) is 27.4. The number of likely N-dealkylation sites (tertiary alicyclic amines) is 1. The van der Waals surface area contributed by atoms with E-state index in [1.807, 2.05) is 35.2 Å². The van der Waals surface area contributed by atoms with Crippen LogP contribution >= 0.6 is 0 Å². The second kappa shape index (κ2) is 6.04. The average molecular weight is 325 g/mol. The summed E-state index contributed by atoms with van der Waals surface area (Å²) in [6, 6.07) is 10.1. The van der Waals surface area contributed by atoms with Gasteiger partial charge in [-0.25, -0.2) is 5.01 Å². The smallest absolute Gasteiger partial charge is 0.270 e. The Morgan fingerprint density at radius 3 is 2.50 bits per heavy atom. The third-order valence-electron chi connectivity index (χ3n) is 5.56. The minimum absolute atomic E-state index is 0.00859. The molecule has 1 aromatic carbocycles. The topological polar surface area (TPSA) is 53.0 Å². The fourth-order valence-corrected chi connectivity index (χ4v) is 4.40. The van der Waals surface area contributed by atoms with Gasteiger partial charge in [0.05, 0.1) is 12.0 Å². The number of benzene rings is 1. The highest BCUT2D eigenvalue weighted by Gasteiger charge is 2.51. The Balaban J connectivity index is 1.65. The van der Waals surface area contributed by atoms with Crippen molar-refractivity contribution < 1.29 is 9.59 Å². The summed E-state index contributed by atoms with van der Waals surface area (Å²) < 4.78 is 0. The Bertz CT molecular complexity index is 679. The largest absolute Gasteiger partial charge is 0.334 e. The number of carbonyl (C=O) groups is 2. The summed E-state index contributed by atoms with van der Waals surface area (Å²) in [5, 5.41) is 5.95. The van der Waals surface area contributed by atoms with Crippen molar-refractivity contribution in [2.45, 2.75) is 51.1 Å². The lowest BCUT2D eigenvalue weighted by Crippen LogP contribution is -2.40. The van der Waals surface area contributed by atoms with Crippen molar-refractivity contribution in [2.24, 2.45) is 11.0 Å². The van der Waals surface area contributed by atoms with Gasteiger partial charge in [0.25, 0.3) is 5.91 Å². The van der Waals surface area contributed by atoms with Crippen LogP contribution in [0.4, 0.5) is 0 Å². The zero-order valence-electron chi connectivity index (χ0n) is 14.0. The fourth-order valence-electron chi connectivity index (χ4n) is 4.40. The number of rotatable bonds is 2. The number of amides is 2. The van der Waals surface area contributed by atoms with Crippen LogP contribution in [0, 0.1) is 5.92 Å². The lowest BCUT2D eigenvalue weighted by Gasteiger charge is -2.32. The summed E-state index contributed by atoms with van der Waals surface area (Å²) in [7, 11) is 0. The molecule has 1 aliphatic carbocycles. The van der Waals surface area contributed by atoms with Gasteiger partial charge in [-0.2, -0.15) is 5.10 Å². The van der Waals surface area contributed by atoms with Crippen LogP contribution in [0.3, 0.4) is 0 Å². The second-order valence-electron chi connectivity index (χ2n) is 7.06. The standard InChI is InChI=1S/C19H23N3O2/c1-13(23)22-18(14-8-4-2-5-9-14)16-12-21(19(24)17(16)20-22)15-10-6-3-7-11-15/h2,4-5,8-9,15-16,18H,3,6-7,10-12H2,1H3. The Morgan fingerprint density at radius 2 is 1.83 bits per heavy atom. The Labute approximate surface area is 142 Å². The summed E-state index contributed by atoms with van der Waals surface area (Å²) in [4.78, 5) is 27.0. The predicted molar refractivity (Wildman–Crippen MR) is 91.2 cm³/mol. The van der Waals surface area contributed by atoms with Crippen molar-refractivity contribution in [2.75, 3.05) is 6.54 Å². The molecule has 1 saturated heterocycles. The van der Waals surface area contributed by atoms with Crippen LogP contribution < -0.4 is 0 Å². The van der Waals surface area contributed by atoms with Crippen molar-refractivity contribution >= 4 is 17.5 Å². The van der Waals surface area contributed by atoms with E-state index in [9.17, 15) is 9.59 Å². The van der Waals surface area contributed by atoms with E-state index in [4.69, 9.17) is 0 Å². The van der Waals surface area contributed by atoms with Gasteiger partial charge in [0.1, 0.15) is 5.71 Å². The third kappa shape index (κ3) is 2.43. The Hall–Kier alpha value is -2.17. The zero-order valence-corrected chi connectivity index (χ0v) is 14.0. The van der Waals surface area contributed by atoms with Gasteiger partial charge in [-0.15, -0.1) is 0 Å². The molecule has 5 heteroatoms. The summed E-state index contributed by atoms with van der Waals surface area (Å²) in [5.41, 5.74) is 1.62. The molecule has 2 amide bonds. The van der Waals surface area contributed by atoms with Crippen molar-refractivity contribution in [1.82, 2.24) is 9.91 Å². The average Bonchev–Trinajstić information content (AvgIpc) is 3.14. The van der Waals surface area contributed by atoms with Gasteiger partial charge in [0.15, 0.2) is 0 Å². The molecule has 3 aliphatic rings. The van der Waals surface area contributed by atoms with Crippen LogP contribution in [0.1, 0.15) is 50.6 Å². The number of fused-ring (bicyclic) bond motifs is 1. The van der Waals surface area contributed by atoms with Crippen molar-refractivity contribution in [1.29, 1.82) is 0 Å². The SMILES string of the molecule is CC(=O)N1N=C2C(=O)N(C3CCCCC3)CC2C1c1ccccc1. The maximum atomic E-state index is 12.9. The maximum Gasteiger partial charge on any atom is 0.270 e. The van der Waals surface area contributed by atoms with Crippen LogP contribution in [-0.4, -0.2) is 40.0 Å². The van der Waals surface area contributed by atoms with E-state index < -0.39 is 0 Å². The highest BCUT2D eigenvalue weighted by Crippen LogP contribution is 2.41. The molecule has 2 fully saturated rings. The molecule has 0 aromatic heterocycles. The zero-order chi connectivity index (χ0) is 16.7. The predicted octanol–water partition coefficient (Wildman–Crippen LogP) is 2.74. The van der Waals surface area contributed by atoms with E-state index in [1.54, 1.807) is 0 Å². The van der Waals surface area contributed by atoms with Crippen LogP contribution in [0.25, 0.3) is 0 Å². The number of hydrogen-bond acceptors (Lipinski definition) is 3. The van der Waals surface area contributed by atoms with Crippen LogP contribution in [-0.2, 0) is 9.59 Å². The number of hydrazone groups is 1. The molecule has 0 radical (unpaired) electrons. The van der Waals surface area contributed by atoms with E-state index in [0.717, 1.165) is 18.4 Å². The first kappa shape index (κ1) is 15.4. The van der Waals surface area contributed by atoms with Crippen LogP contribution in [0.15, 0.2) is 35.4 Å². The number of carbonyl (C=O) groups excluding carboxylic acids is 2. The van der Waals surface area contributed by atoms with Gasteiger partial charge in [-0.3, -0.25) is 9.59 Å². The molecule has 126 valence electrons. The quantitative estimate of drug-likeness (QED) is 0.839. The van der Waals surface area contributed by atoms with Crippen molar-refractivity contribution in [3.8, 4) is 0 Å². The molecule has 24 heavy (non-hydrogen) atoms. The first-order valence-electron chi connectivity index (χ1n) is 8.91. The van der Waals surface area contributed by atoms with Gasteiger partial charge in [-0.05, 0) is 18.4 Å². The van der Waals surface area contributed by atoms with Gasteiger partial charge < -0.3 is 4.90 Å². The Morgan fingerprint density at radius 1 is 1.12 bits per heavy atom.